The van der Waals surface area contributed by atoms with Gasteiger partial charge in [0.15, 0.2) is 5.82 Å². The lowest BCUT2D eigenvalue weighted by Crippen LogP contribution is -2.39. The maximum Gasteiger partial charge on any atom is 0.205 e. The summed E-state index contributed by atoms with van der Waals surface area (Å²) >= 11 is 1.66. The highest BCUT2D eigenvalue weighted by Crippen LogP contribution is 2.31. The third kappa shape index (κ3) is 3.32. The number of methoxy groups -OCH3 is 1. The van der Waals surface area contributed by atoms with Crippen LogP contribution in [-0.2, 0) is 16.0 Å². The fraction of sp³-hybridized carbons (Fsp3) is 0.533. The first-order valence-corrected chi connectivity index (χ1v) is 8.97. The molecule has 0 aromatic carbocycles. The molecule has 0 amide bonds. The number of rotatable bonds is 5. The lowest BCUT2D eigenvalue weighted by atomic mass is 10.2. The summed E-state index contributed by atoms with van der Waals surface area (Å²) in [6, 6.07) is 2.03. The highest BCUT2D eigenvalue weighted by Gasteiger charge is 2.28. The van der Waals surface area contributed by atoms with Crippen molar-refractivity contribution in [2.24, 2.45) is 0 Å². The van der Waals surface area contributed by atoms with E-state index in [-0.39, 0.29) is 6.10 Å². The van der Waals surface area contributed by atoms with Crippen molar-refractivity contribution in [1.29, 1.82) is 0 Å². The van der Waals surface area contributed by atoms with Gasteiger partial charge in [-0.05, 0) is 23.6 Å². The van der Waals surface area contributed by atoms with E-state index < -0.39 is 0 Å². The van der Waals surface area contributed by atoms with E-state index in [2.05, 4.69) is 30.3 Å². The Balaban J connectivity index is 1.56. The molecule has 0 bridgehead atoms. The number of thiophene rings is 1. The summed E-state index contributed by atoms with van der Waals surface area (Å²) in [5.41, 5.74) is 0.985. The monoisotopic (exact) mass is 361 g/mol. The van der Waals surface area contributed by atoms with Gasteiger partial charge in [0.05, 0.1) is 36.5 Å². The molecule has 1 fully saturated rings. The first kappa shape index (κ1) is 16.3. The summed E-state index contributed by atoms with van der Waals surface area (Å²) in [5, 5.41) is 14.6. The quantitative estimate of drug-likeness (QED) is 0.670. The second-order valence-electron chi connectivity index (χ2n) is 5.77. The van der Waals surface area contributed by atoms with Crippen LogP contribution in [0.5, 0.6) is 0 Å². The lowest BCUT2D eigenvalue weighted by Gasteiger charge is -2.32. The van der Waals surface area contributed by atoms with Gasteiger partial charge in [0.25, 0.3) is 0 Å². The van der Waals surface area contributed by atoms with Crippen molar-refractivity contribution in [3.63, 3.8) is 0 Å². The Hall–Kier alpha value is -2.17. The maximum absolute atomic E-state index is 5.87. The van der Waals surface area contributed by atoms with Gasteiger partial charge in [0.1, 0.15) is 11.9 Å². The number of ether oxygens (including phenoxy) is 2. The lowest BCUT2D eigenvalue weighted by molar-refractivity contribution is 0.0335. The fourth-order valence-corrected chi connectivity index (χ4v) is 3.67. The fourth-order valence-electron chi connectivity index (χ4n) is 2.83. The molecule has 4 rings (SSSR count). The van der Waals surface area contributed by atoms with Crippen molar-refractivity contribution in [2.45, 2.75) is 19.6 Å². The Labute approximate surface area is 148 Å². The van der Waals surface area contributed by atoms with E-state index in [0.717, 1.165) is 28.4 Å². The van der Waals surface area contributed by atoms with Crippen LogP contribution in [0.2, 0.25) is 0 Å². The predicted molar refractivity (Wildman–Crippen MR) is 92.8 cm³/mol. The van der Waals surface area contributed by atoms with Crippen LogP contribution in [0.25, 0.3) is 10.2 Å². The molecule has 4 heterocycles. The molecule has 0 radical (unpaired) electrons. The number of hydrogen-bond donors (Lipinski definition) is 0. The molecule has 0 spiro atoms. The smallest absolute Gasteiger partial charge is 0.205 e. The zero-order chi connectivity index (χ0) is 17.2. The van der Waals surface area contributed by atoms with Crippen molar-refractivity contribution >= 4 is 27.4 Å². The molecular formula is C15H19N7O2S. The van der Waals surface area contributed by atoms with Crippen molar-refractivity contribution in [2.75, 3.05) is 38.3 Å². The van der Waals surface area contributed by atoms with E-state index in [4.69, 9.17) is 9.47 Å². The number of tetrazole rings is 1. The van der Waals surface area contributed by atoms with Crippen LogP contribution in [0.1, 0.15) is 17.8 Å². The summed E-state index contributed by atoms with van der Waals surface area (Å²) in [7, 11) is 1.65. The molecule has 0 unspecified atom stereocenters. The Kier molecular flexibility index (Phi) is 4.55. The minimum absolute atomic E-state index is 0.227. The molecular weight excluding hydrogens is 342 g/mol. The van der Waals surface area contributed by atoms with Crippen LogP contribution in [0.4, 0.5) is 5.82 Å². The van der Waals surface area contributed by atoms with Crippen molar-refractivity contribution in [3.05, 3.63) is 23.1 Å². The van der Waals surface area contributed by atoms with Crippen LogP contribution in [0.3, 0.4) is 0 Å². The van der Waals surface area contributed by atoms with Gasteiger partial charge in [-0.3, -0.25) is 0 Å². The number of anilines is 1. The van der Waals surface area contributed by atoms with Gasteiger partial charge in [-0.2, -0.15) is 4.80 Å². The number of nitrogens with zero attached hydrogens (tertiary/aromatic N) is 7. The summed E-state index contributed by atoms with van der Waals surface area (Å²) in [5.74, 6) is 2.32. The van der Waals surface area contributed by atoms with E-state index in [1.165, 1.54) is 4.80 Å². The van der Waals surface area contributed by atoms with Gasteiger partial charge in [-0.25, -0.2) is 9.97 Å². The average Bonchev–Trinajstić information content (AvgIpc) is 3.28. The Bertz CT molecular complexity index is 865. The van der Waals surface area contributed by atoms with Gasteiger partial charge in [0.2, 0.25) is 5.82 Å². The predicted octanol–water partition coefficient (Wildman–Crippen LogP) is 1.21. The highest BCUT2D eigenvalue weighted by atomic mass is 32.1. The normalized spacial score (nSPS) is 18.2. The largest absolute Gasteiger partial charge is 0.383 e. The molecule has 10 heteroatoms. The van der Waals surface area contributed by atoms with Crippen LogP contribution in [-0.4, -0.2) is 63.6 Å². The molecule has 1 aliphatic heterocycles. The van der Waals surface area contributed by atoms with E-state index in [0.29, 0.717) is 32.1 Å². The standard InChI is InChI=1S/C15H19N7O2S/c1-10-16-11-3-8-25-13(11)15(17-10)21-4-7-24-12(9-21)14-18-20-22(19-14)5-6-23-2/h3,8,12H,4-7,9H2,1-2H3/t12-/m1/s1. The Morgan fingerprint density at radius 1 is 1.40 bits per heavy atom. The zero-order valence-corrected chi connectivity index (χ0v) is 14.9. The maximum atomic E-state index is 5.87. The van der Waals surface area contributed by atoms with Crippen LogP contribution in [0.15, 0.2) is 11.4 Å². The summed E-state index contributed by atoms with van der Waals surface area (Å²) in [6.07, 6.45) is -0.227. The second-order valence-corrected chi connectivity index (χ2v) is 6.69. The molecule has 0 aliphatic carbocycles. The molecule has 132 valence electrons. The average molecular weight is 361 g/mol. The van der Waals surface area contributed by atoms with E-state index in [9.17, 15) is 0 Å². The number of fused-ring (bicyclic) bond motifs is 1. The van der Waals surface area contributed by atoms with Gasteiger partial charge in [-0.15, -0.1) is 21.5 Å². The molecule has 9 nitrogen and oxygen atoms in total. The summed E-state index contributed by atoms with van der Waals surface area (Å²) < 4.78 is 12.0. The summed E-state index contributed by atoms with van der Waals surface area (Å²) in [4.78, 5) is 12.9. The third-order valence-electron chi connectivity index (χ3n) is 4.02. The van der Waals surface area contributed by atoms with Crippen LogP contribution in [0, 0.1) is 6.92 Å². The topological polar surface area (TPSA) is 91.1 Å². The molecule has 1 aliphatic rings. The number of aryl methyl sites for hydroxylation is 1. The minimum atomic E-state index is -0.227. The highest BCUT2D eigenvalue weighted by molar-refractivity contribution is 7.17. The molecule has 1 atom stereocenters. The van der Waals surface area contributed by atoms with Crippen molar-refractivity contribution in [1.82, 2.24) is 30.2 Å². The van der Waals surface area contributed by atoms with Crippen LogP contribution < -0.4 is 4.90 Å². The zero-order valence-electron chi connectivity index (χ0n) is 14.1. The van der Waals surface area contributed by atoms with Gasteiger partial charge in [0, 0.05) is 13.7 Å². The molecule has 0 saturated carbocycles. The molecule has 25 heavy (non-hydrogen) atoms. The van der Waals surface area contributed by atoms with Gasteiger partial charge >= 0.3 is 0 Å². The van der Waals surface area contributed by atoms with Crippen molar-refractivity contribution < 1.29 is 9.47 Å². The van der Waals surface area contributed by atoms with Crippen LogP contribution >= 0.6 is 11.3 Å². The molecule has 1 saturated heterocycles. The SMILES string of the molecule is COCCn1nnc([C@H]2CN(c3nc(C)nc4ccsc34)CCO2)n1. The molecule has 3 aromatic heterocycles. The number of morpholine rings is 1. The van der Waals surface area contributed by atoms with E-state index >= 15 is 0 Å². The number of hydrogen-bond acceptors (Lipinski definition) is 9. The van der Waals surface area contributed by atoms with Crippen molar-refractivity contribution in [3.8, 4) is 0 Å². The first-order valence-electron chi connectivity index (χ1n) is 8.09. The number of aromatic nitrogens is 6. The second kappa shape index (κ2) is 6.98. The molecule has 3 aromatic rings. The van der Waals surface area contributed by atoms with E-state index in [1.807, 2.05) is 18.4 Å². The first-order chi connectivity index (χ1) is 12.2. The van der Waals surface area contributed by atoms with Gasteiger partial charge < -0.3 is 14.4 Å². The summed E-state index contributed by atoms with van der Waals surface area (Å²) in [6.45, 7) is 5.04. The Morgan fingerprint density at radius 2 is 2.32 bits per heavy atom. The Morgan fingerprint density at radius 3 is 3.20 bits per heavy atom. The molecule has 0 N–H and O–H groups in total. The van der Waals surface area contributed by atoms with Gasteiger partial charge in [-0.1, -0.05) is 0 Å². The minimum Gasteiger partial charge on any atom is -0.383 e. The third-order valence-corrected chi connectivity index (χ3v) is 4.91. The van der Waals surface area contributed by atoms with E-state index in [1.54, 1.807) is 18.4 Å².